The summed E-state index contributed by atoms with van der Waals surface area (Å²) >= 11 is 6.10. The van der Waals surface area contributed by atoms with E-state index in [0.717, 1.165) is 12.8 Å². The fraction of sp³-hybridized carbons (Fsp3) is 0.208. The topological polar surface area (TPSA) is 67.6 Å². The zero-order valence-electron chi connectivity index (χ0n) is 16.1. The summed E-state index contributed by atoms with van der Waals surface area (Å²) in [6.45, 7) is 1.15. The molecule has 0 N–H and O–H groups in total. The number of likely N-dealkylation sites (tertiary alicyclic amines) is 1. The second-order valence-electron chi connectivity index (χ2n) is 7.68. The molecule has 5 nitrogen and oxygen atoms in total. The zero-order valence-corrected chi connectivity index (χ0v) is 16.8. The number of amides is 1. The number of carbonyl (C=O) groups excluding carboxylic acids is 3. The highest BCUT2D eigenvalue weighted by Crippen LogP contribution is 2.32. The Balaban J connectivity index is 1.35. The van der Waals surface area contributed by atoms with Crippen molar-refractivity contribution in [2.24, 2.45) is 0 Å². The van der Waals surface area contributed by atoms with Crippen LogP contribution in [-0.2, 0) is 0 Å². The lowest BCUT2D eigenvalue weighted by Gasteiger charge is -2.31. The normalized spacial score (nSPS) is 16.4. The van der Waals surface area contributed by atoms with Crippen molar-refractivity contribution in [1.29, 1.82) is 0 Å². The van der Waals surface area contributed by atoms with E-state index in [4.69, 9.17) is 16.0 Å². The minimum Gasteiger partial charge on any atom is -0.447 e. The van der Waals surface area contributed by atoms with Gasteiger partial charge in [0.25, 0.3) is 5.91 Å². The van der Waals surface area contributed by atoms with Crippen molar-refractivity contribution in [2.45, 2.75) is 18.8 Å². The highest BCUT2D eigenvalue weighted by molar-refractivity contribution is 6.30. The summed E-state index contributed by atoms with van der Waals surface area (Å²) in [6.07, 6.45) is 1.63. The Labute approximate surface area is 178 Å². The molecule has 0 bridgehead atoms. The van der Waals surface area contributed by atoms with Crippen LogP contribution in [0.25, 0.3) is 0 Å². The van der Waals surface area contributed by atoms with Crippen molar-refractivity contribution in [2.75, 3.05) is 13.1 Å². The number of piperidine rings is 1. The van der Waals surface area contributed by atoms with Crippen molar-refractivity contribution < 1.29 is 18.8 Å². The molecule has 1 aromatic heterocycles. The first kappa shape index (κ1) is 18.8. The van der Waals surface area contributed by atoms with Crippen LogP contribution in [0.5, 0.6) is 0 Å². The summed E-state index contributed by atoms with van der Waals surface area (Å²) in [5.41, 5.74) is 2.00. The average molecular weight is 420 g/mol. The van der Waals surface area contributed by atoms with Gasteiger partial charge in [-0.05, 0) is 36.5 Å². The summed E-state index contributed by atoms with van der Waals surface area (Å²) in [6, 6.07) is 15.9. The minimum absolute atomic E-state index is 0.0377. The first-order chi connectivity index (χ1) is 14.5. The molecular weight excluding hydrogens is 402 g/mol. The lowest BCUT2D eigenvalue weighted by molar-refractivity contribution is 0.0678. The second kappa shape index (κ2) is 7.26. The fourth-order valence-electron chi connectivity index (χ4n) is 4.31. The number of benzene rings is 2. The summed E-state index contributed by atoms with van der Waals surface area (Å²) in [5.74, 6) is -0.609. The van der Waals surface area contributed by atoms with Gasteiger partial charge < -0.3 is 9.32 Å². The molecule has 0 atom stereocenters. The number of furan rings is 1. The molecule has 1 aliphatic heterocycles. The second-order valence-corrected chi connectivity index (χ2v) is 8.12. The molecule has 2 aliphatic rings. The Hall–Kier alpha value is -3.18. The standard InChI is InChI=1S/C24H18ClNO4/c25-16-5-3-4-15(12-16)14-8-10-26(11-9-14)24(29)20-13-19-21(27)17-6-1-2-7-18(17)22(28)23(19)30-20/h1-7,12-14H,8-11H2. The van der Waals surface area contributed by atoms with E-state index in [1.807, 2.05) is 18.2 Å². The molecule has 1 fully saturated rings. The molecule has 3 aromatic rings. The molecule has 0 radical (unpaired) electrons. The number of hydrogen-bond donors (Lipinski definition) is 0. The van der Waals surface area contributed by atoms with Crippen LogP contribution in [0.15, 0.2) is 59.0 Å². The Kier molecular flexibility index (Phi) is 4.55. The number of halogens is 1. The third-order valence-corrected chi connectivity index (χ3v) is 6.15. The Bertz CT molecular complexity index is 1130. The number of rotatable bonds is 2. The lowest BCUT2D eigenvalue weighted by atomic mass is 9.88. The molecule has 150 valence electrons. The van der Waals surface area contributed by atoms with Crippen LogP contribution in [0.4, 0.5) is 0 Å². The van der Waals surface area contributed by atoms with Crippen LogP contribution >= 0.6 is 11.6 Å². The van der Waals surface area contributed by atoms with Gasteiger partial charge >= 0.3 is 0 Å². The third kappa shape index (κ3) is 3.06. The van der Waals surface area contributed by atoms with Gasteiger partial charge in [0.05, 0.1) is 5.56 Å². The maximum atomic E-state index is 13.0. The highest BCUT2D eigenvalue weighted by atomic mass is 35.5. The molecule has 0 saturated carbocycles. The molecule has 1 aliphatic carbocycles. The maximum Gasteiger partial charge on any atom is 0.289 e. The number of nitrogens with zero attached hydrogens (tertiary/aromatic N) is 1. The van der Waals surface area contributed by atoms with Crippen molar-refractivity contribution in [3.63, 3.8) is 0 Å². The average Bonchev–Trinajstić information content (AvgIpc) is 3.23. The first-order valence-electron chi connectivity index (χ1n) is 9.90. The van der Waals surface area contributed by atoms with Crippen LogP contribution in [0.3, 0.4) is 0 Å². The van der Waals surface area contributed by atoms with Crippen molar-refractivity contribution >= 4 is 29.1 Å². The van der Waals surface area contributed by atoms with Crippen LogP contribution in [0, 0.1) is 0 Å². The number of carbonyl (C=O) groups is 3. The van der Waals surface area contributed by atoms with Gasteiger partial charge in [-0.2, -0.15) is 0 Å². The molecule has 0 spiro atoms. The predicted molar refractivity (Wildman–Crippen MR) is 111 cm³/mol. The molecule has 5 rings (SSSR count). The van der Waals surface area contributed by atoms with E-state index in [-0.39, 0.29) is 34.6 Å². The molecule has 2 aromatic carbocycles. The lowest BCUT2D eigenvalue weighted by Crippen LogP contribution is -2.37. The Morgan fingerprint density at radius 3 is 2.30 bits per heavy atom. The van der Waals surface area contributed by atoms with Crippen molar-refractivity contribution in [3.8, 4) is 0 Å². The van der Waals surface area contributed by atoms with Crippen LogP contribution in [0.1, 0.15) is 66.9 Å². The zero-order chi connectivity index (χ0) is 20.8. The summed E-state index contributed by atoms with van der Waals surface area (Å²) in [4.78, 5) is 40.2. The maximum absolute atomic E-state index is 13.0. The molecule has 30 heavy (non-hydrogen) atoms. The van der Waals surface area contributed by atoms with Crippen LogP contribution < -0.4 is 0 Å². The van der Waals surface area contributed by atoms with Gasteiger partial charge in [-0.25, -0.2) is 0 Å². The van der Waals surface area contributed by atoms with E-state index in [0.29, 0.717) is 35.2 Å². The Morgan fingerprint density at radius 2 is 1.60 bits per heavy atom. The number of hydrogen-bond acceptors (Lipinski definition) is 4. The van der Waals surface area contributed by atoms with Gasteiger partial charge in [0.1, 0.15) is 0 Å². The molecule has 1 saturated heterocycles. The highest BCUT2D eigenvalue weighted by Gasteiger charge is 2.35. The summed E-state index contributed by atoms with van der Waals surface area (Å²) < 4.78 is 5.61. The SMILES string of the molecule is O=C1c2ccccc2C(=O)c2oc(C(=O)N3CCC(c4cccc(Cl)c4)CC3)cc21. The molecule has 6 heteroatoms. The van der Waals surface area contributed by atoms with E-state index in [1.165, 1.54) is 11.6 Å². The molecular formula is C24H18ClNO4. The van der Waals surface area contributed by atoms with Gasteiger partial charge in [0.2, 0.25) is 5.78 Å². The van der Waals surface area contributed by atoms with Gasteiger partial charge in [-0.3, -0.25) is 14.4 Å². The van der Waals surface area contributed by atoms with Crippen LogP contribution in [-0.4, -0.2) is 35.5 Å². The number of ketones is 2. The largest absolute Gasteiger partial charge is 0.447 e. The summed E-state index contributed by atoms with van der Waals surface area (Å²) in [7, 11) is 0. The third-order valence-electron chi connectivity index (χ3n) is 5.91. The van der Waals surface area contributed by atoms with E-state index in [9.17, 15) is 14.4 Å². The van der Waals surface area contributed by atoms with Gasteiger partial charge in [0, 0.05) is 35.3 Å². The van der Waals surface area contributed by atoms with E-state index < -0.39 is 0 Å². The predicted octanol–water partition coefficient (Wildman–Crippen LogP) is 4.73. The van der Waals surface area contributed by atoms with Crippen LogP contribution in [0.2, 0.25) is 5.02 Å². The monoisotopic (exact) mass is 419 g/mol. The van der Waals surface area contributed by atoms with Gasteiger partial charge in [-0.15, -0.1) is 0 Å². The fourth-order valence-corrected chi connectivity index (χ4v) is 4.51. The molecule has 1 amide bonds. The minimum atomic E-state index is -0.362. The van der Waals surface area contributed by atoms with Crippen molar-refractivity contribution in [1.82, 2.24) is 4.90 Å². The molecule has 2 heterocycles. The molecule has 0 unspecified atom stereocenters. The smallest absolute Gasteiger partial charge is 0.289 e. The first-order valence-corrected chi connectivity index (χ1v) is 10.3. The van der Waals surface area contributed by atoms with Crippen molar-refractivity contribution in [3.05, 3.63) is 93.4 Å². The Morgan fingerprint density at radius 1 is 0.900 bits per heavy atom. The number of fused-ring (bicyclic) bond motifs is 2. The van der Waals surface area contributed by atoms with E-state index in [1.54, 1.807) is 29.2 Å². The van der Waals surface area contributed by atoms with E-state index >= 15 is 0 Å². The van der Waals surface area contributed by atoms with Gasteiger partial charge in [0.15, 0.2) is 17.3 Å². The quantitative estimate of drug-likeness (QED) is 0.471. The summed E-state index contributed by atoms with van der Waals surface area (Å²) in [5, 5.41) is 0.711. The van der Waals surface area contributed by atoms with E-state index in [2.05, 4.69) is 6.07 Å². The van der Waals surface area contributed by atoms with Gasteiger partial charge in [-0.1, -0.05) is 48.0 Å².